The van der Waals surface area contributed by atoms with Gasteiger partial charge in [0.05, 0.1) is 0 Å². The largest absolute Gasteiger partial charge is 0.507 e. The molecule has 0 heterocycles. The topological polar surface area (TPSA) is 266 Å². The van der Waals surface area contributed by atoms with Gasteiger partial charge in [0.2, 0.25) is 0 Å². The molecule has 18 heteroatoms. The van der Waals surface area contributed by atoms with Crippen LogP contribution in [0.2, 0.25) is 0 Å². The van der Waals surface area contributed by atoms with Crippen LogP contribution >= 0.6 is 0 Å². The van der Waals surface area contributed by atoms with Gasteiger partial charge in [0.15, 0.2) is 0 Å². The number of aromatic hydroxyl groups is 2. The van der Waals surface area contributed by atoms with Gasteiger partial charge in [0.1, 0.15) is 21.3 Å². The quantitative estimate of drug-likeness (QED) is 0.0532. The van der Waals surface area contributed by atoms with Gasteiger partial charge < -0.3 is 31.5 Å². The Morgan fingerprint density at radius 1 is 0.500 bits per heavy atom. The predicted molar refractivity (Wildman–Crippen MR) is 206 cm³/mol. The average molecular weight is 799 g/mol. The van der Waals surface area contributed by atoms with E-state index < -0.39 is 65.2 Å². The number of anilines is 4. The number of rotatable bonds is 8. The molecule has 0 atom stereocenters. The normalized spacial score (nSPS) is 11.6. The number of phenolic OH excluding ortho intramolecular Hbond substituents is 2. The van der Waals surface area contributed by atoms with Crippen LogP contribution in [0, 0.1) is 13.8 Å². The second-order valence-corrected chi connectivity index (χ2v) is 15.2. The molecule has 0 aliphatic carbocycles. The van der Waals surface area contributed by atoms with Gasteiger partial charge in [-0.15, -0.1) is 0 Å². The number of hydrogen-bond donors (Lipinski definition) is 8. The van der Waals surface area contributed by atoms with E-state index in [1.807, 2.05) is 0 Å². The summed E-state index contributed by atoms with van der Waals surface area (Å²) in [4.78, 5) is 51.6. The molecule has 16 nitrogen and oxygen atoms in total. The van der Waals surface area contributed by atoms with Crippen LogP contribution in [0.15, 0.2) is 107 Å². The van der Waals surface area contributed by atoms with E-state index in [1.165, 1.54) is 72.8 Å². The number of carbonyl (C=O) groups is 4. The Kier molecular flexibility index (Phi) is 10.2. The summed E-state index contributed by atoms with van der Waals surface area (Å²) in [6.45, 7) is 3.23. The summed E-state index contributed by atoms with van der Waals surface area (Å²) in [6.07, 6.45) is 0. The third kappa shape index (κ3) is 7.84. The summed E-state index contributed by atoms with van der Waals surface area (Å²) < 4.78 is 67.0. The van der Waals surface area contributed by atoms with Gasteiger partial charge >= 0.3 is 11.8 Å². The fourth-order valence-corrected chi connectivity index (χ4v) is 7.45. The first kappa shape index (κ1) is 38.9. The summed E-state index contributed by atoms with van der Waals surface area (Å²) in [7, 11) is -9.45. The molecule has 0 aliphatic rings. The summed E-state index contributed by atoms with van der Waals surface area (Å²) in [6, 6.07) is 21.2. The minimum Gasteiger partial charge on any atom is -0.507 e. The lowest BCUT2D eigenvalue weighted by molar-refractivity contribution is -0.132. The number of aryl methyl sites for hydroxylation is 2. The molecule has 0 bridgehead atoms. The van der Waals surface area contributed by atoms with E-state index in [0.29, 0.717) is 11.1 Å². The fraction of sp³-hybridized carbons (Fsp3) is 0.0526. The molecule has 0 unspecified atom stereocenters. The molecule has 6 aromatic carbocycles. The molecular weight excluding hydrogens is 769 g/mol. The van der Waals surface area contributed by atoms with Crippen LogP contribution < -0.4 is 21.3 Å². The lowest BCUT2D eigenvalue weighted by atomic mass is 10.0. The second kappa shape index (κ2) is 14.8. The van der Waals surface area contributed by atoms with Crippen molar-refractivity contribution in [2.75, 3.05) is 21.3 Å². The minimum absolute atomic E-state index is 0.0624. The third-order valence-corrected chi connectivity index (χ3v) is 10.5. The highest BCUT2D eigenvalue weighted by Crippen LogP contribution is 2.37. The first-order chi connectivity index (χ1) is 26.3. The van der Waals surface area contributed by atoms with Crippen LogP contribution in [-0.4, -0.2) is 59.8 Å². The number of carbonyl (C=O) groups excluding carboxylic acids is 4. The molecule has 286 valence electrons. The number of benzene rings is 6. The molecule has 0 spiro atoms. The Balaban J connectivity index is 1.17. The van der Waals surface area contributed by atoms with Crippen molar-refractivity contribution in [2.24, 2.45) is 0 Å². The Morgan fingerprint density at radius 3 is 1.23 bits per heavy atom. The van der Waals surface area contributed by atoms with Crippen molar-refractivity contribution in [1.82, 2.24) is 0 Å². The highest BCUT2D eigenvalue weighted by Gasteiger charge is 2.23. The lowest BCUT2D eigenvalue weighted by Gasteiger charge is -2.14. The minimum atomic E-state index is -4.73. The number of amides is 4. The van der Waals surface area contributed by atoms with Crippen LogP contribution in [0.5, 0.6) is 11.5 Å². The van der Waals surface area contributed by atoms with E-state index in [0.717, 1.165) is 24.3 Å². The molecule has 56 heavy (non-hydrogen) atoms. The average Bonchev–Trinajstić information content (AvgIpc) is 3.14. The highest BCUT2D eigenvalue weighted by atomic mass is 32.2. The Bertz CT molecular complexity index is 2700. The summed E-state index contributed by atoms with van der Waals surface area (Å²) in [5.74, 6) is -4.51. The third-order valence-electron chi connectivity index (χ3n) is 8.70. The SMILES string of the molecule is Cc1ccc(NC(=O)C(=O)Nc2ccc(C)c(C(=O)Nc3ccc(O)c4c(S(=O)(=O)O)cccc34)c2)cc1C(=O)Nc1ccc(O)c2c(S(=O)(=O)O)cccc12. The Hall–Kier alpha value is -6.86. The first-order valence-corrected chi connectivity index (χ1v) is 19.1. The van der Waals surface area contributed by atoms with Crippen LogP contribution in [0.3, 0.4) is 0 Å². The van der Waals surface area contributed by atoms with Crippen LogP contribution in [0.25, 0.3) is 21.5 Å². The molecule has 0 radical (unpaired) electrons. The van der Waals surface area contributed by atoms with E-state index in [4.69, 9.17) is 0 Å². The van der Waals surface area contributed by atoms with Crippen molar-refractivity contribution in [3.63, 3.8) is 0 Å². The van der Waals surface area contributed by atoms with E-state index in [9.17, 15) is 55.3 Å². The number of fused-ring (bicyclic) bond motifs is 2. The van der Waals surface area contributed by atoms with Gasteiger partial charge in [0, 0.05) is 55.4 Å². The molecule has 6 aromatic rings. The fourth-order valence-electron chi connectivity index (χ4n) is 6.00. The van der Waals surface area contributed by atoms with Crippen LogP contribution in [0.4, 0.5) is 22.7 Å². The predicted octanol–water partition coefficient (Wildman–Crippen LogP) is 5.60. The van der Waals surface area contributed by atoms with Gasteiger partial charge in [-0.2, -0.15) is 16.8 Å². The van der Waals surface area contributed by atoms with Crippen molar-refractivity contribution in [3.05, 3.63) is 119 Å². The van der Waals surface area contributed by atoms with E-state index in [1.54, 1.807) is 13.8 Å². The summed E-state index contributed by atoms with van der Waals surface area (Å²) in [5.41, 5.74) is 1.42. The van der Waals surface area contributed by atoms with Gasteiger partial charge in [0.25, 0.3) is 32.1 Å². The van der Waals surface area contributed by atoms with E-state index in [2.05, 4.69) is 21.3 Å². The number of nitrogens with one attached hydrogen (secondary N) is 4. The maximum absolute atomic E-state index is 13.4. The van der Waals surface area contributed by atoms with Crippen LogP contribution in [-0.2, 0) is 29.8 Å². The lowest BCUT2D eigenvalue weighted by Crippen LogP contribution is -2.29. The molecule has 0 saturated carbocycles. The molecule has 0 fully saturated rings. The zero-order valence-electron chi connectivity index (χ0n) is 29.1. The monoisotopic (exact) mass is 798 g/mol. The summed E-state index contributed by atoms with van der Waals surface area (Å²) >= 11 is 0. The first-order valence-electron chi connectivity index (χ1n) is 16.2. The maximum Gasteiger partial charge on any atom is 0.314 e. The standard InChI is InChI=1S/C38H30N4O12S2/c1-19-9-11-21(17-25(19)35(45)41-27-13-15-29(43)33-23(27)5-3-7-31(33)55(49,50)51)39-37(47)38(48)40-22-12-10-20(2)26(18-22)36(46)42-28-14-16-30(44)34-24(28)6-4-8-32(34)56(52,53)54/h3-18,43-44H,1-2H3,(H,39,47)(H,40,48)(H,41,45)(H,42,46)(H,49,50,51)(H,52,53,54). The smallest absolute Gasteiger partial charge is 0.314 e. The van der Waals surface area contributed by atoms with Crippen molar-refractivity contribution in [3.8, 4) is 11.5 Å². The maximum atomic E-state index is 13.4. The molecular formula is C38H30N4O12S2. The van der Waals surface area contributed by atoms with Crippen molar-refractivity contribution in [2.45, 2.75) is 23.6 Å². The zero-order chi connectivity index (χ0) is 40.7. The Labute approximate surface area is 318 Å². The molecule has 8 N–H and O–H groups in total. The molecule has 4 amide bonds. The second-order valence-electron chi connectivity index (χ2n) is 12.4. The van der Waals surface area contributed by atoms with Gasteiger partial charge in [-0.25, -0.2) is 0 Å². The van der Waals surface area contributed by atoms with Crippen LogP contribution in [0.1, 0.15) is 31.8 Å². The number of phenols is 2. The molecule has 6 rings (SSSR count). The van der Waals surface area contributed by atoms with Gasteiger partial charge in [-0.05, 0) is 85.6 Å². The molecule has 0 aromatic heterocycles. The van der Waals surface area contributed by atoms with Crippen molar-refractivity contribution < 1.29 is 55.3 Å². The van der Waals surface area contributed by atoms with Gasteiger partial charge in [-0.3, -0.25) is 28.3 Å². The van der Waals surface area contributed by atoms with Crippen molar-refractivity contribution in [1.29, 1.82) is 0 Å². The highest BCUT2D eigenvalue weighted by molar-refractivity contribution is 7.86. The molecule has 0 saturated heterocycles. The summed E-state index contributed by atoms with van der Waals surface area (Å²) in [5, 5.41) is 30.6. The molecule has 0 aliphatic heterocycles. The Morgan fingerprint density at radius 2 is 0.875 bits per heavy atom. The van der Waals surface area contributed by atoms with Gasteiger partial charge in [-0.1, -0.05) is 36.4 Å². The van der Waals surface area contributed by atoms with E-state index in [-0.39, 0.29) is 55.4 Å². The number of hydrogen-bond acceptors (Lipinski definition) is 10. The van der Waals surface area contributed by atoms with Crippen molar-refractivity contribution >= 4 is 88.2 Å². The van der Waals surface area contributed by atoms with E-state index >= 15 is 0 Å². The zero-order valence-corrected chi connectivity index (χ0v) is 30.7.